The number of ether oxygens (including phenoxy) is 1. The van der Waals surface area contributed by atoms with Gasteiger partial charge in [0.15, 0.2) is 0 Å². The summed E-state index contributed by atoms with van der Waals surface area (Å²) in [5, 5.41) is 16.0. The molecule has 3 atom stereocenters. The molecule has 0 aliphatic heterocycles. The number of benzene rings is 3. The van der Waals surface area contributed by atoms with Gasteiger partial charge < -0.3 is 54.3 Å². The molecule has 0 spiro atoms. The SMILES string of the molecule is CC[C@@H](N)C1(C)CC1.CC[C@@H](Nc1ncc(C(N)=O)c(Nc2cccc(C)c2)n1)C1(N)CC1.CC[C@@H](Nc1ncc(C(N)=O)c(Nc2cccc(C)c2)n1)C1(NC(=O)OCc2ccccc2)CC1.[HH]. The Bertz CT molecular complexity index is 2520. The van der Waals surface area contributed by atoms with Crippen LogP contribution >= 0.6 is 0 Å². The first kappa shape index (κ1) is 50.6. The van der Waals surface area contributed by atoms with E-state index < -0.39 is 23.4 Å². The molecular formula is C51H71N13O4. The molecular weight excluding hydrogens is 859 g/mol. The summed E-state index contributed by atoms with van der Waals surface area (Å²) in [6, 6.07) is 25.5. The van der Waals surface area contributed by atoms with Gasteiger partial charge in [0.1, 0.15) is 29.4 Å². The fourth-order valence-corrected chi connectivity index (χ4v) is 7.98. The molecule has 8 rings (SSSR count). The quantitative estimate of drug-likeness (QED) is 0.0376. The molecule has 0 radical (unpaired) electrons. The van der Waals surface area contributed by atoms with Crippen LogP contribution in [-0.4, -0.2) is 67.0 Å². The monoisotopic (exact) mass is 930 g/mol. The number of nitrogens with two attached hydrogens (primary N) is 4. The molecule has 3 fully saturated rings. The van der Waals surface area contributed by atoms with Crippen molar-refractivity contribution in [2.75, 3.05) is 21.3 Å². The Morgan fingerprint density at radius 1 is 0.691 bits per heavy atom. The minimum Gasteiger partial charge on any atom is -0.445 e. The number of carbonyl (C=O) groups excluding carboxylic acids is 3. The summed E-state index contributed by atoms with van der Waals surface area (Å²) in [5.74, 6) is 0.265. The molecule has 5 aromatic rings. The number of primary amides is 2. The van der Waals surface area contributed by atoms with Crippen LogP contribution in [0.3, 0.4) is 0 Å². The second-order valence-electron chi connectivity index (χ2n) is 18.6. The Labute approximate surface area is 401 Å². The zero-order chi connectivity index (χ0) is 49.1. The number of aryl methyl sites for hydroxylation is 2. The van der Waals surface area contributed by atoms with Gasteiger partial charge in [-0.1, -0.05) is 82.3 Å². The van der Waals surface area contributed by atoms with Crippen LogP contribution in [0.15, 0.2) is 91.3 Å². The Morgan fingerprint density at radius 3 is 1.59 bits per heavy atom. The lowest BCUT2D eigenvalue weighted by molar-refractivity contribution is 0.0992. The largest absolute Gasteiger partial charge is 0.445 e. The highest BCUT2D eigenvalue weighted by molar-refractivity contribution is 5.98. The summed E-state index contributed by atoms with van der Waals surface area (Å²) < 4.78 is 5.42. The number of nitrogens with zero attached hydrogens (tertiary/aromatic N) is 4. The van der Waals surface area contributed by atoms with Crippen molar-refractivity contribution >= 4 is 52.8 Å². The smallest absolute Gasteiger partial charge is 0.407 e. The van der Waals surface area contributed by atoms with Crippen LogP contribution in [-0.2, 0) is 11.3 Å². The highest BCUT2D eigenvalue weighted by Gasteiger charge is 2.51. The van der Waals surface area contributed by atoms with Crippen molar-refractivity contribution in [3.8, 4) is 0 Å². The van der Waals surface area contributed by atoms with E-state index in [2.05, 4.69) is 67.3 Å². The topological polar surface area (TPSA) is 276 Å². The minimum absolute atomic E-state index is 0. The summed E-state index contributed by atoms with van der Waals surface area (Å²) in [6.07, 6.45) is 11.4. The van der Waals surface area contributed by atoms with Gasteiger partial charge in [-0.25, -0.2) is 14.8 Å². The molecule has 0 unspecified atom stereocenters. The van der Waals surface area contributed by atoms with Crippen LogP contribution in [0.5, 0.6) is 0 Å². The third-order valence-electron chi connectivity index (χ3n) is 13.0. The molecule has 13 N–H and O–H groups in total. The molecule has 17 nitrogen and oxygen atoms in total. The lowest BCUT2D eigenvalue weighted by Crippen LogP contribution is -2.49. The number of carbonyl (C=O) groups is 3. The number of aromatic nitrogens is 4. The lowest BCUT2D eigenvalue weighted by atomic mass is 9.98. The number of anilines is 6. The first-order chi connectivity index (χ1) is 32.5. The van der Waals surface area contributed by atoms with Crippen molar-refractivity contribution < 1.29 is 20.5 Å². The van der Waals surface area contributed by atoms with Gasteiger partial charge in [-0.15, -0.1) is 0 Å². The molecule has 3 aliphatic carbocycles. The highest BCUT2D eigenvalue weighted by atomic mass is 16.5. The zero-order valence-electron chi connectivity index (χ0n) is 40.2. The highest BCUT2D eigenvalue weighted by Crippen LogP contribution is 2.48. The van der Waals surface area contributed by atoms with Gasteiger partial charge in [-0.05, 0) is 118 Å². The summed E-state index contributed by atoms with van der Waals surface area (Å²) >= 11 is 0. The van der Waals surface area contributed by atoms with E-state index in [-0.39, 0.29) is 36.8 Å². The first-order valence-corrected chi connectivity index (χ1v) is 23.6. The van der Waals surface area contributed by atoms with Crippen molar-refractivity contribution in [3.63, 3.8) is 0 Å². The molecule has 364 valence electrons. The van der Waals surface area contributed by atoms with Crippen LogP contribution in [0.25, 0.3) is 0 Å². The Hall–Kier alpha value is -6.85. The maximum absolute atomic E-state index is 12.5. The minimum atomic E-state index is -0.625. The average Bonchev–Trinajstić information content (AvgIpc) is 4.27. The summed E-state index contributed by atoms with van der Waals surface area (Å²) in [6.45, 7) is 12.7. The van der Waals surface area contributed by atoms with Crippen molar-refractivity contribution in [2.24, 2.45) is 28.3 Å². The second kappa shape index (κ2) is 22.3. The van der Waals surface area contributed by atoms with Crippen molar-refractivity contribution in [1.29, 1.82) is 0 Å². The van der Waals surface area contributed by atoms with Gasteiger partial charge in [0.2, 0.25) is 11.9 Å². The molecule has 3 aliphatic rings. The van der Waals surface area contributed by atoms with Crippen LogP contribution in [0.4, 0.5) is 39.7 Å². The van der Waals surface area contributed by atoms with Gasteiger partial charge in [0.05, 0.1) is 11.6 Å². The van der Waals surface area contributed by atoms with E-state index >= 15 is 0 Å². The standard InChI is InChI=1S/C26H30N6O3.C18H24N6O.C7H15N.H2/c1-3-21(26(12-13-26)32-25(34)35-16-18-9-5-4-6-10-18)30-24-28-15-20(22(27)33)23(31-24)29-19-11-7-8-17(2)14-19;1-3-14(18(20)7-8-18)23-17-21-10-13(15(19)25)16(24-17)22-12-6-4-5-11(2)9-12;1-3-6(8)7(2)4-5-7;/h4-11,14-15,21H,3,12-13,16H2,1-2H3,(H2,27,33)(H,32,34)(H2,28,29,30,31);4-6,9-10,14H,3,7-8,20H2,1-2H3,(H2,19,25)(H2,21,22,23,24);6H,3-5,8H2,1-2H3;1H/t21-;14-;6-;/m111./s1. The van der Waals surface area contributed by atoms with Gasteiger partial charge in [-0.3, -0.25) is 9.59 Å². The number of rotatable bonds is 19. The van der Waals surface area contributed by atoms with Crippen LogP contribution < -0.4 is 49.5 Å². The Balaban J connectivity index is 0.000000227. The molecule has 3 aromatic carbocycles. The fourth-order valence-electron chi connectivity index (χ4n) is 7.98. The molecule has 3 amide bonds. The number of amides is 3. The van der Waals surface area contributed by atoms with Crippen LogP contribution in [0, 0.1) is 19.3 Å². The van der Waals surface area contributed by atoms with Crippen molar-refractivity contribution in [1.82, 2.24) is 25.3 Å². The molecule has 2 aromatic heterocycles. The van der Waals surface area contributed by atoms with Gasteiger partial charge >= 0.3 is 6.09 Å². The molecule has 17 heteroatoms. The first-order valence-electron chi connectivity index (χ1n) is 23.6. The van der Waals surface area contributed by atoms with Gasteiger partial charge in [0, 0.05) is 42.8 Å². The fraction of sp³-hybridized carbons (Fsp3) is 0.431. The summed E-state index contributed by atoms with van der Waals surface area (Å²) in [5.41, 5.74) is 28.1. The Kier molecular flexibility index (Phi) is 16.6. The molecule has 2 heterocycles. The third-order valence-corrected chi connectivity index (χ3v) is 13.0. The molecule has 3 saturated carbocycles. The predicted molar refractivity (Wildman–Crippen MR) is 271 cm³/mol. The predicted octanol–water partition coefficient (Wildman–Crippen LogP) is 8.36. The molecule has 0 bridgehead atoms. The van der Waals surface area contributed by atoms with Crippen molar-refractivity contribution in [2.45, 2.75) is 135 Å². The Morgan fingerprint density at radius 2 is 1.19 bits per heavy atom. The number of nitrogens with one attached hydrogen (secondary N) is 5. The second-order valence-corrected chi connectivity index (χ2v) is 18.6. The van der Waals surface area contributed by atoms with E-state index in [1.54, 1.807) is 0 Å². The van der Waals surface area contributed by atoms with Crippen LogP contribution in [0.1, 0.15) is 124 Å². The number of alkyl carbamates (subject to hydrolysis) is 1. The van der Waals surface area contributed by atoms with Crippen molar-refractivity contribution in [3.05, 3.63) is 119 Å². The van der Waals surface area contributed by atoms with E-state index in [0.29, 0.717) is 35.0 Å². The van der Waals surface area contributed by atoms with E-state index in [4.69, 9.17) is 27.7 Å². The van der Waals surface area contributed by atoms with E-state index in [1.165, 1.54) is 25.2 Å². The maximum atomic E-state index is 12.5. The number of hydrogen-bond acceptors (Lipinski definition) is 14. The van der Waals surface area contributed by atoms with E-state index in [1.807, 2.05) is 99.6 Å². The van der Waals surface area contributed by atoms with Gasteiger partial charge in [0.25, 0.3) is 11.8 Å². The normalized spacial score (nSPS) is 16.6. The van der Waals surface area contributed by atoms with E-state index in [0.717, 1.165) is 73.0 Å². The lowest BCUT2D eigenvalue weighted by Gasteiger charge is -2.28. The van der Waals surface area contributed by atoms with E-state index in [9.17, 15) is 14.4 Å². The third kappa shape index (κ3) is 13.9. The summed E-state index contributed by atoms with van der Waals surface area (Å²) in [7, 11) is 0. The maximum Gasteiger partial charge on any atom is 0.407 e. The molecule has 68 heavy (non-hydrogen) atoms. The average molecular weight is 930 g/mol. The number of hydrogen-bond donors (Lipinski definition) is 9. The van der Waals surface area contributed by atoms with Gasteiger partial charge in [-0.2, -0.15) is 9.97 Å². The summed E-state index contributed by atoms with van der Waals surface area (Å²) in [4.78, 5) is 53.6. The molecule has 0 saturated heterocycles. The zero-order valence-corrected chi connectivity index (χ0v) is 40.2. The van der Waals surface area contributed by atoms with Crippen LogP contribution in [0.2, 0.25) is 0 Å².